The molecule has 2 atom stereocenters. The fourth-order valence-electron chi connectivity index (χ4n) is 3.39. The Hall–Kier alpha value is -2.39. The van der Waals surface area contributed by atoms with Crippen LogP contribution in [0.15, 0.2) is 28.8 Å². The van der Waals surface area contributed by atoms with Gasteiger partial charge in [-0.1, -0.05) is 17.3 Å². The molecule has 9 heteroatoms. The molecular weight excluding hydrogens is 382 g/mol. The molecule has 1 aliphatic rings. The van der Waals surface area contributed by atoms with Crippen LogP contribution in [0.2, 0.25) is 0 Å². The van der Waals surface area contributed by atoms with Gasteiger partial charge in [0.15, 0.2) is 0 Å². The first-order chi connectivity index (χ1) is 13.7. The summed E-state index contributed by atoms with van der Waals surface area (Å²) >= 11 is 0. The molecule has 158 valence electrons. The van der Waals surface area contributed by atoms with Crippen LogP contribution in [0.5, 0.6) is 0 Å². The van der Waals surface area contributed by atoms with Crippen molar-refractivity contribution in [3.05, 3.63) is 35.7 Å². The van der Waals surface area contributed by atoms with Gasteiger partial charge in [0.1, 0.15) is 0 Å². The Bertz CT molecular complexity index is 829. The number of alkyl halides is 2. The molecule has 0 radical (unpaired) electrons. The fraction of sp³-hybridized carbons (Fsp3) is 0.550. The fourth-order valence-corrected chi connectivity index (χ4v) is 3.39. The minimum absolute atomic E-state index is 0.0592. The van der Waals surface area contributed by atoms with E-state index in [-0.39, 0.29) is 29.5 Å². The van der Waals surface area contributed by atoms with Gasteiger partial charge in [-0.15, -0.1) is 0 Å². The second-order valence-corrected chi connectivity index (χ2v) is 7.99. The molecule has 29 heavy (non-hydrogen) atoms. The Labute approximate surface area is 168 Å². The summed E-state index contributed by atoms with van der Waals surface area (Å²) in [6, 6.07) is 6.42. The van der Waals surface area contributed by atoms with Crippen molar-refractivity contribution >= 4 is 5.91 Å². The van der Waals surface area contributed by atoms with Crippen molar-refractivity contribution in [2.45, 2.75) is 51.9 Å². The zero-order chi connectivity index (χ0) is 21.2. The van der Waals surface area contributed by atoms with Gasteiger partial charge in [-0.05, 0) is 39.8 Å². The van der Waals surface area contributed by atoms with Crippen molar-refractivity contribution < 1.29 is 22.8 Å². The van der Waals surface area contributed by atoms with Crippen LogP contribution in [0.3, 0.4) is 0 Å². The highest BCUT2D eigenvalue weighted by molar-refractivity contribution is 5.94. The second kappa shape index (κ2) is 8.54. The van der Waals surface area contributed by atoms with Crippen LogP contribution in [0.4, 0.5) is 8.78 Å². The first-order valence-corrected chi connectivity index (χ1v) is 9.56. The summed E-state index contributed by atoms with van der Waals surface area (Å²) in [6.45, 7) is 10.4. The third-order valence-corrected chi connectivity index (χ3v) is 4.99. The number of hydrogen-bond donors (Lipinski definition) is 1. The summed E-state index contributed by atoms with van der Waals surface area (Å²) in [5.41, 5.74) is 0.734. The predicted molar refractivity (Wildman–Crippen MR) is 103 cm³/mol. The van der Waals surface area contributed by atoms with Crippen LogP contribution >= 0.6 is 0 Å². The van der Waals surface area contributed by atoms with E-state index >= 15 is 0 Å². The van der Waals surface area contributed by atoms with Gasteiger partial charge in [-0.3, -0.25) is 9.69 Å². The number of halogens is 2. The van der Waals surface area contributed by atoms with Gasteiger partial charge < -0.3 is 14.6 Å². The molecule has 1 aliphatic heterocycles. The van der Waals surface area contributed by atoms with Crippen LogP contribution < -0.4 is 5.32 Å². The van der Waals surface area contributed by atoms with E-state index in [0.717, 1.165) is 13.1 Å². The SMILES string of the molecule is CC1CN(C(C)(C)CNC(=O)c2ccc(-c3noc(C(F)F)n3)cc2)CC(C)O1. The second-order valence-electron chi connectivity index (χ2n) is 7.99. The lowest BCUT2D eigenvalue weighted by molar-refractivity contribution is -0.0948. The molecule has 1 amide bonds. The van der Waals surface area contributed by atoms with Gasteiger partial charge in [0, 0.05) is 36.3 Å². The lowest BCUT2D eigenvalue weighted by Gasteiger charge is -2.45. The number of ether oxygens (including phenoxy) is 1. The molecule has 3 rings (SSSR count). The zero-order valence-electron chi connectivity index (χ0n) is 17.0. The highest BCUT2D eigenvalue weighted by Crippen LogP contribution is 2.23. The maximum absolute atomic E-state index is 12.6. The molecule has 0 bridgehead atoms. The molecule has 0 aliphatic carbocycles. The molecule has 2 unspecified atom stereocenters. The summed E-state index contributed by atoms with van der Waals surface area (Å²) < 4.78 is 35.4. The molecule has 2 aromatic rings. The van der Waals surface area contributed by atoms with Gasteiger partial charge in [-0.25, -0.2) is 0 Å². The monoisotopic (exact) mass is 408 g/mol. The molecule has 1 aromatic heterocycles. The lowest BCUT2D eigenvalue weighted by atomic mass is 9.99. The Morgan fingerprint density at radius 1 is 1.24 bits per heavy atom. The average Bonchev–Trinajstić information content (AvgIpc) is 3.16. The van der Waals surface area contributed by atoms with Crippen molar-refractivity contribution in [2.75, 3.05) is 19.6 Å². The van der Waals surface area contributed by atoms with Crippen LogP contribution in [-0.4, -0.2) is 58.3 Å². The summed E-state index contributed by atoms with van der Waals surface area (Å²) in [5, 5.41) is 6.51. The van der Waals surface area contributed by atoms with E-state index in [4.69, 9.17) is 4.74 Å². The largest absolute Gasteiger partial charge is 0.373 e. The number of benzene rings is 1. The third kappa shape index (κ3) is 5.16. The molecule has 1 N–H and O–H groups in total. The summed E-state index contributed by atoms with van der Waals surface area (Å²) in [5.74, 6) is -0.875. The average molecular weight is 408 g/mol. The quantitative estimate of drug-likeness (QED) is 0.790. The number of aromatic nitrogens is 2. The number of nitrogens with one attached hydrogen (secondary N) is 1. The number of amides is 1. The van der Waals surface area contributed by atoms with E-state index in [1.807, 2.05) is 13.8 Å². The van der Waals surface area contributed by atoms with E-state index in [2.05, 4.69) is 38.7 Å². The maximum atomic E-state index is 12.6. The zero-order valence-corrected chi connectivity index (χ0v) is 17.0. The molecule has 7 nitrogen and oxygen atoms in total. The number of rotatable bonds is 6. The maximum Gasteiger partial charge on any atom is 0.315 e. The molecule has 1 aromatic carbocycles. The van der Waals surface area contributed by atoms with Gasteiger partial charge in [0.2, 0.25) is 5.82 Å². The van der Waals surface area contributed by atoms with Crippen LogP contribution in [0, 0.1) is 0 Å². The van der Waals surface area contributed by atoms with Crippen molar-refractivity contribution in [3.63, 3.8) is 0 Å². The Kier molecular flexibility index (Phi) is 6.28. The normalized spacial score (nSPS) is 20.8. The smallest absolute Gasteiger partial charge is 0.315 e. The van der Waals surface area contributed by atoms with Crippen LogP contribution in [0.25, 0.3) is 11.4 Å². The molecule has 1 saturated heterocycles. The van der Waals surface area contributed by atoms with Crippen molar-refractivity contribution in [3.8, 4) is 11.4 Å². The van der Waals surface area contributed by atoms with Crippen molar-refractivity contribution in [2.24, 2.45) is 0 Å². The highest BCUT2D eigenvalue weighted by atomic mass is 19.3. The van der Waals surface area contributed by atoms with E-state index < -0.39 is 12.3 Å². The summed E-state index contributed by atoms with van der Waals surface area (Å²) in [6.07, 6.45) is -2.52. The first-order valence-electron chi connectivity index (χ1n) is 9.56. The molecular formula is C20H26F2N4O3. The van der Waals surface area contributed by atoms with E-state index in [9.17, 15) is 13.6 Å². The van der Waals surface area contributed by atoms with Crippen LogP contribution in [-0.2, 0) is 4.74 Å². The number of morpholine rings is 1. The molecule has 2 heterocycles. The van der Waals surface area contributed by atoms with Gasteiger partial charge in [0.05, 0.1) is 12.2 Å². The number of hydrogen-bond acceptors (Lipinski definition) is 6. The van der Waals surface area contributed by atoms with Gasteiger partial charge in [0.25, 0.3) is 11.8 Å². The van der Waals surface area contributed by atoms with Crippen molar-refractivity contribution in [1.29, 1.82) is 0 Å². The summed E-state index contributed by atoms with van der Waals surface area (Å²) in [7, 11) is 0. The van der Waals surface area contributed by atoms with Gasteiger partial charge >= 0.3 is 6.43 Å². The van der Waals surface area contributed by atoms with E-state index in [1.165, 1.54) is 0 Å². The third-order valence-electron chi connectivity index (χ3n) is 4.99. The minimum Gasteiger partial charge on any atom is -0.373 e. The van der Waals surface area contributed by atoms with E-state index in [1.54, 1.807) is 24.3 Å². The van der Waals surface area contributed by atoms with E-state index in [0.29, 0.717) is 17.7 Å². The van der Waals surface area contributed by atoms with Crippen LogP contribution in [0.1, 0.15) is 50.4 Å². The Balaban J connectivity index is 1.60. The highest BCUT2D eigenvalue weighted by Gasteiger charge is 2.33. The predicted octanol–water partition coefficient (Wildman–Crippen LogP) is 3.29. The number of carbonyl (C=O) groups excluding carboxylic acids is 1. The Morgan fingerprint density at radius 3 is 2.41 bits per heavy atom. The molecule has 0 saturated carbocycles. The van der Waals surface area contributed by atoms with Gasteiger partial charge in [-0.2, -0.15) is 13.8 Å². The standard InChI is InChI=1S/C20H26F2N4O3/c1-12-9-26(10-13(2)28-12)20(3,4)11-23-18(27)15-7-5-14(6-8-15)17-24-19(16(21)22)29-25-17/h5-8,12-13,16H,9-11H2,1-4H3,(H,23,27). The summed E-state index contributed by atoms with van der Waals surface area (Å²) in [4.78, 5) is 18.5. The number of nitrogens with zero attached hydrogens (tertiary/aromatic N) is 3. The minimum atomic E-state index is -2.82. The lowest BCUT2D eigenvalue weighted by Crippen LogP contribution is -2.58. The Morgan fingerprint density at radius 2 is 1.86 bits per heavy atom. The number of carbonyl (C=O) groups is 1. The topological polar surface area (TPSA) is 80.5 Å². The van der Waals surface area contributed by atoms with Crippen molar-refractivity contribution in [1.82, 2.24) is 20.4 Å². The first kappa shape index (κ1) is 21.3. The molecule has 1 fully saturated rings. The molecule has 0 spiro atoms.